The molecule has 0 aliphatic carbocycles. The number of aryl methyl sites for hydroxylation is 3. The van der Waals surface area contributed by atoms with Gasteiger partial charge in [-0.15, -0.1) is 0 Å². The lowest BCUT2D eigenvalue weighted by molar-refractivity contribution is 1.26. The van der Waals surface area contributed by atoms with Gasteiger partial charge in [0.2, 0.25) is 0 Å². The molecule has 0 heterocycles. The quantitative estimate of drug-likeness (QED) is 0.101. The number of hydrogen-bond donors (Lipinski definition) is 2. The minimum Gasteiger partial charge on any atom is -0.355 e. The van der Waals surface area contributed by atoms with E-state index in [-0.39, 0.29) is 0 Å². The van der Waals surface area contributed by atoms with Crippen LogP contribution >= 0.6 is 0 Å². The molecular weight excluding hydrogens is 1240 g/mol. The van der Waals surface area contributed by atoms with Crippen molar-refractivity contribution in [3.05, 3.63) is 405 Å². The summed E-state index contributed by atoms with van der Waals surface area (Å²) in [5.74, 6) is 0. The first-order chi connectivity index (χ1) is 50.3. The summed E-state index contributed by atoms with van der Waals surface area (Å²) in [6.07, 6.45) is 0. The first kappa shape index (κ1) is 63.5. The molecule has 0 saturated heterocycles. The number of hydrogen-bond acceptors (Lipinski definition) is 5. The highest BCUT2D eigenvalue weighted by Crippen LogP contribution is 2.45. The molecule has 102 heavy (non-hydrogen) atoms. The maximum absolute atomic E-state index is 3.77. The number of nitrogens with zero attached hydrogens (tertiary/aromatic N) is 3. The van der Waals surface area contributed by atoms with Gasteiger partial charge in [-0.2, -0.15) is 0 Å². The van der Waals surface area contributed by atoms with Gasteiger partial charge in [-0.1, -0.05) is 271 Å². The van der Waals surface area contributed by atoms with Crippen LogP contribution in [0.2, 0.25) is 0 Å². The molecule has 0 radical (unpaired) electrons. The number of fused-ring (bicyclic) bond motifs is 4. The molecule has 0 atom stereocenters. The predicted molar refractivity (Wildman–Crippen MR) is 437 cm³/mol. The summed E-state index contributed by atoms with van der Waals surface area (Å²) in [5, 5.41) is 17.2. The van der Waals surface area contributed by atoms with E-state index in [1.807, 2.05) is 0 Å². The van der Waals surface area contributed by atoms with Crippen LogP contribution in [0.4, 0.5) is 73.9 Å². The first-order valence-corrected chi connectivity index (χ1v) is 35.0. The number of anilines is 13. The van der Waals surface area contributed by atoms with Gasteiger partial charge < -0.3 is 25.3 Å². The fraction of sp³-hybridized carbons (Fsp3) is 0.0309. The maximum Gasteiger partial charge on any atom is 0.0540 e. The van der Waals surface area contributed by atoms with Crippen molar-refractivity contribution in [3.8, 4) is 33.4 Å². The minimum absolute atomic E-state index is 1.01. The molecule has 0 bridgehead atoms. The van der Waals surface area contributed by atoms with Crippen LogP contribution in [-0.2, 0) is 0 Å². The summed E-state index contributed by atoms with van der Waals surface area (Å²) in [4.78, 5) is 7.03. The summed E-state index contributed by atoms with van der Waals surface area (Å²) in [5.41, 5.74) is 25.0. The molecule has 2 N–H and O–H groups in total. The zero-order valence-electron chi connectivity index (χ0n) is 57.3. The Bertz CT molecular complexity index is 5350. The summed E-state index contributed by atoms with van der Waals surface area (Å²) in [6.45, 7) is 6.35. The number of para-hydroxylation sites is 2. The lowest BCUT2D eigenvalue weighted by Crippen LogP contribution is -2.10. The Balaban J connectivity index is 0.000000312. The average molecular weight is 1310 g/mol. The lowest BCUT2D eigenvalue weighted by Gasteiger charge is -2.28. The molecule has 0 aromatic heterocycles. The molecule has 17 rings (SSSR count). The molecule has 0 spiro atoms. The molecule has 0 fully saturated rings. The SMILES string of the molecule is Cc1ccc(N(c2ccc(C)cc2)c2ccc(C)cc2)cc1.c1ccc(-c2cccc3ccccc23)c(Nc2ccc(N(c3ccc(-c4ccc(N(c5ccc(Nc6ccccc6-c6cccc7ccccc67)cc5)c5cccc6ccccc56)cc4)cc3)c3cccc4ccccc34)cc2)c1. The monoisotopic (exact) mass is 1310 g/mol. The van der Waals surface area contributed by atoms with Crippen LogP contribution in [0.25, 0.3) is 76.5 Å². The van der Waals surface area contributed by atoms with Gasteiger partial charge in [-0.05, 0) is 209 Å². The predicted octanol–water partition coefficient (Wildman–Crippen LogP) is 27.8. The second-order valence-electron chi connectivity index (χ2n) is 26.1. The van der Waals surface area contributed by atoms with Crippen LogP contribution in [0.15, 0.2) is 388 Å². The highest BCUT2D eigenvalue weighted by molar-refractivity contribution is 6.04. The van der Waals surface area contributed by atoms with E-state index in [4.69, 9.17) is 0 Å². The van der Waals surface area contributed by atoms with E-state index in [2.05, 4.69) is 434 Å². The Morgan fingerprint density at radius 2 is 0.431 bits per heavy atom. The molecule has 17 aromatic rings. The van der Waals surface area contributed by atoms with E-state index in [1.54, 1.807) is 0 Å². The van der Waals surface area contributed by atoms with Crippen molar-refractivity contribution in [2.24, 2.45) is 0 Å². The average Bonchev–Trinajstić information content (AvgIpc) is 0.778. The summed E-state index contributed by atoms with van der Waals surface area (Å²) < 4.78 is 0. The first-order valence-electron chi connectivity index (χ1n) is 35.0. The molecule has 0 amide bonds. The Labute approximate surface area is 597 Å². The maximum atomic E-state index is 3.77. The second kappa shape index (κ2) is 28.7. The van der Waals surface area contributed by atoms with Crippen LogP contribution in [0, 0.1) is 20.8 Å². The van der Waals surface area contributed by atoms with Crippen molar-refractivity contribution in [1.29, 1.82) is 0 Å². The van der Waals surface area contributed by atoms with Crippen molar-refractivity contribution >= 4 is 117 Å². The topological polar surface area (TPSA) is 33.8 Å². The van der Waals surface area contributed by atoms with Gasteiger partial charge in [0, 0.05) is 84.5 Å². The van der Waals surface area contributed by atoms with E-state index in [1.165, 1.54) is 88.0 Å². The van der Waals surface area contributed by atoms with Crippen LogP contribution in [0.1, 0.15) is 16.7 Å². The second-order valence-corrected chi connectivity index (χ2v) is 26.1. The fourth-order valence-corrected chi connectivity index (χ4v) is 14.1. The van der Waals surface area contributed by atoms with E-state index < -0.39 is 0 Å². The van der Waals surface area contributed by atoms with Gasteiger partial charge in [-0.3, -0.25) is 0 Å². The molecule has 0 saturated carbocycles. The zero-order valence-corrected chi connectivity index (χ0v) is 57.3. The third-order valence-corrected chi connectivity index (χ3v) is 19.3. The Morgan fingerprint density at radius 1 is 0.186 bits per heavy atom. The van der Waals surface area contributed by atoms with Gasteiger partial charge in [0.1, 0.15) is 0 Å². The van der Waals surface area contributed by atoms with Crippen LogP contribution < -0.4 is 25.3 Å². The van der Waals surface area contributed by atoms with Gasteiger partial charge in [0.25, 0.3) is 0 Å². The Hall–Kier alpha value is -13.2. The van der Waals surface area contributed by atoms with Gasteiger partial charge in [0.15, 0.2) is 0 Å². The lowest BCUT2D eigenvalue weighted by atomic mass is 9.97. The Kier molecular flexibility index (Phi) is 17.9. The highest BCUT2D eigenvalue weighted by Gasteiger charge is 2.20. The number of rotatable bonds is 16. The van der Waals surface area contributed by atoms with Crippen molar-refractivity contribution in [2.45, 2.75) is 20.8 Å². The largest absolute Gasteiger partial charge is 0.355 e. The van der Waals surface area contributed by atoms with Crippen LogP contribution in [-0.4, -0.2) is 0 Å². The molecule has 0 aliphatic heterocycles. The van der Waals surface area contributed by atoms with Crippen molar-refractivity contribution in [1.82, 2.24) is 0 Å². The van der Waals surface area contributed by atoms with Crippen LogP contribution in [0.3, 0.4) is 0 Å². The third-order valence-electron chi connectivity index (χ3n) is 19.3. The molecule has 17 aromatic carbocycles. The van der Waals surface area contributed by atoms with E-state index >= 15 is 0 Å². The molecule has 5 nitrogen and oxygen atoms in total. The van der Waals surface area contributed by atoms with E-state index in [9.17, 15) is 0 Å². The van der Waals surface area contributed by atoms with Crippen molar-refractivity contribution < 1.29 is 0 Å². The molecule has 0 unspecified atom stereocenters. The van der Waals surface area contributed by atoms with Crippen molar-refractivity contribution in [3.63, 3.8) is 0 Å². The summed E-state index contributed by atoms with van der Waals surface area (Å²) in [6, 6.07) is 139. The van der Waals surface area contributed by atoms with Crippen molar-refractivity contribution in [2.75, 3.05) is 25.3 Å². The van der Waals surface area contributed by atoms with Gasteiger partial charge in [0.05, 0.1) is 11.4 Å². The van der Waals surface area contributed by atoms with Crippen LogP contribution in [0.5, 0.6) is 0 Å². The highest BCUT2D eigenvalue weighted by atomic mass is 15.2. The van der Waals surface area contributed by atoms with Gasteiger partial charge in [-0.25, -0.2) is 0 Å². The molecule has 488 valence electrons. The number of nitrogens with one attached hydrogen (secondary N) is 2. The minimum atomic E-state index is 1.01. The normalized spacial score (nSPS) is 11.1. The molecular formula is C97H75N5. The van der Waals surface area contributed by atoms with E-state index in [0.29, 0.717) is 0 Å². The Morgan fingerprint density at radius 3 is 0.784 bits per heavy atom. The molecule has 5 heteroatoms. The molecule has 0 aliphatic rings. The smallest absolute Gasteiger partial charge is 0.0540 e. The van der Waals surface area contributed by atoms with Gasteiger partial charge >= 0.3 is 0 Å². The summed E-state index contributed by atoms with van der Waals surface area (Å²) >= 11 is 0. The summed E-state index contributed by atoms with van der Waals surface area (Å²) in [7, 11) is 0. The zero-order chi connectivity index (χ0) is 68.7. The third kappa shape index (κ3) is 13.3. The number of benzene rings is 17. The standard InChI is InChI=1S/C76H54N4.C21H21N/c1-5-25-65-55(17-1)21-13-31-69(65)71-29-9-11-33-73(71)77-59-41-49-63(50-42-59)79(75-35-15-23-57-19-3-7-27-67(57)75)61-45-37-53(38-46-61)54-39-47-62(48-40-54)80(76-36-16-24-58-20-4-8-28-68(58)76)64-51-43-60(44-52-64)78-74-34-12-10-30-72(74)70-32-14-22-56-18-2-6-26-66(56)70;1-16-4-10-19(11-5-16)22(20-12-6-17(2)7-13-20)21-14-8-18(3)9-15-21/h1-52,77-78H;4-15H,1-3H3. The van der Waals surface area contributed by atoms with E-state index in [0.717, 1.165) is 79.1 Å². The fourth-order valence-electron chi connectivity index (χ4n) is 14.1.